The van der Waals surface area contributed by atoms with Crippen LogP contribution in [0.5, 0.6) is 0 Å². The van der Waals surface area contributed by atoms with Crippen LogP contribution in [-0.2, 0) is 26.2 Å². The van der Waals surface area contributed by atoms with Gasteiger partial charge in [0, 0.05) is 22.6 Å². The van der Waals surface area contributed by atoms with Gasteiger partial charge in [0.1, 0.15) is 12.6 Å². The van der Waals surface area contributed by atoms with E-state index in [1.807, 2.05) is 26.8 Å². The van der Waals surface area contributed by atoms with Crippen molar-refractivity contribution < 1.29 is 18.0 Å². The maximum Gasteiger partial charge on any atom is 0.264 e. The molecule has 0 spiro atoms. The van der Waals surface area contributed by atoms with Crippen LogP contribution in [-0.4, -0.2) is 43.8 Å². The predicted octanol–water partition coefficient (Wildman–Crippen LogP) is 5.83. The molecule has 2 amide bonds. The Morgan fingerprint density at radius 1 is 0.949 bits per heavy atom. The molecule has 39 heavy (non-hydrogen) atoms. The first-order valence-corrected chi connectivity index (χ1v) is 14.8. The van der Waals surface area contributed by atoms with Gasteiger partial charge in [0.05, 0.1) is 10.6 Å². The summed E-state index contributed by atoms with van der Waals surface area (Å²) in [7, 11) is -4.11. The van der Waals surface area contributed by atoms with Crippen molar-refractivity contribution in [2.75, 3.05) is 10.8 Å². The highest BCUT2D eigenvalue weighted by Gasteiger charge is 2.33. The Balaban J connectivity index is 2.04. The van der Waals surface area contributed by atoms with E-state index in [4.69, 9.17) is 23.2 Å². The Hall–Kier alpha value is -3.07. The van der Waals surface area contributed by atoms with Gasteiger partial charge >= 0.3 is 0 Å². The van der Waals surface area contributed by atoms with Gasteiger partial charge in [-0.3, -0.25) is 13.9 Å². The van der Waals surface area contributed by atoms with E-state index in [1.54, 1.807) is 61.5 Å². The van der Waals surface area contributed by atoms with Crippen LogP contribution in [0.4, 0.5) is 5.69 Å². The maximum atomic E-state index is 13.9. The number of aryl methyl sites for hydroxylation is 1. The zero-order chi connectivity index (χ0) is 28.7. The molecule has 0 aromatic heterocycles. The Labute approximate surface area is 240 Å². The zero-order valence-corrected chi connectivity index (χ0v) is 24.7. The highest BCUT2D eigenvalue weighted by molar-refractivity contribution is 7.92. The number of amides is 2. The van der Waals surface area contributed by atoms with Crippen molar-refractivity contribution in [1.82, 2.24) is 10.2 Å². The van der Waals surface area contributed by atoms with E-state index < -0.39 is 28.5 Å². The first-order valence-electron chi connectivity index (χ1n) is 12.6. The van der Waals surface area contributed by atoms with E-state index >= 15 is 0 Å². The van der Waals surface area contributed by atoms with E-state index in [2.05, 4.69) is 5.32 Å². The molecule has 7 nitrogen and oxygen atoms in total. The van der Waals surface area contributed by atoms with Gasteiger partial charge in [-0.25, -0.2) is 8.42 Å². The van der Waals surface area contributed by atoms with Gasteiger partial charge in [0.25, 0.3) is 10.0 Å². The molecule has 3 aromatic rings. The Bertz CT molecular complexity index is 1420. The Kier molecular flexibility index (Phi) is 10.4. The van der Waals surface area contributed by atoms with Crippen LogP contribution in [0, 0.1) is 6.92 Å². The molecule has 208 valence electrons. The molecule has 3 rings (SSSR count). The van der Waals surface area contributed by atoms with Crippen LogP contribution in [0.3, 0.4) is 0 Å². The first-order chi connectivity index (χ1) is 18.4. The quantitative estimate of drug-likeness (QED) is 0.305. The fraction of sp³-hybridized carbons (Fsp3) is 0.310. The number of carbonyl (C=O) groups is 2. The number of nitrogens with zero attached hydrogens (tertiary/aromatic N) is 2. The highest BCUT2D eigenvalue weighted by Crippen LogP contribution is 2.27. The summed E-state index contributed by atoms with van der Waals surface area (Å²) in [6.07, 6.45) is 0.714. The fourth-order valence-electron chi connectivity index (χ4n) is 3.91. The molecule has 0 saturated carbocycles. The van der Waals surface area contributed by atoms with Gasteiger partial charge in [-0.05, 0) is 74.7 Å². The van der Waals surface area contributed by atoms with Crippen LogP contribution in [0.15, 0.2) is 77.7 Å². The predicted molar refractivity (Wildman–Crippen MR) is 157 cm³/mol. The van der Waals surface area contributed by atoms with Gasteiger partial charge in [-0.1, -0.05) is 66.5 Å². The average molecular weight is 591 g/mol. The minimum absolute atomic E-state index is 0.0169. The molecule has 0 aliphatic heterocycles. The number of carbonyl (C=O) groups excluding carboxylic acids is 2. The van der Waals surface area contributed by atoms with E-state index in [0.717, 1.165) is 9.87 Å². The molecule has 0 radical (unpaired) electrons. The summed E-state index contributed by atoms with van der Waals surface area (Å²) in [6, 6.07) is 18.7. The Morgan fingerprint density at radius 3 is 2.26 bits per heavy atom. The summed E-state index contributed by atoms with van der Waals surface area (Å²) in [5.74, 6) is -0.912. The smallest absolute Gasteiger partial charge is 0.264 e. The summed E-state index contributed by atoms with van der Waals surface area (Å²) >= 11 is 12.5. The minimum atomic E-state index is -4.11. The normalized spacial score (nSPS) is 12.9. The first kappa shape index (κ1) is 30.5. The largest absolute Gasteiger partial charge is 0.352 e. The molecule has 0 unspecified atom stereocenters. The van der Waals surface area contributed by atoms with E-state index in [1.165, 1.54) is 17.0 Å². The van der Waals surface area contributed by atoms with Crippen LogP contribution in [0.1, 0.15) is 38.3 Å². The maximum absolute atomic E-state index is 13.9. The third kappa shape index (κ3) is 7.75. The van der Waals surface area contributed by atoms with Crippen LogP contribution >= 0.6 is 23.2 Å². The van der Waals surface area contributed by atoms with E-state index in [9.17, 15) is 18.0 Å². The second-order valence-electron chi connectivity index (χ2n) is 9.41. The second-order valence-corrected chi connectivity index (χ2v) is 12.1. The summed E-state index contributed by atoms with van der Waals surface area (Å²) < 4.78 is 28.6. The third-order valence-corrected chi connectivity index (χ3v) is 8.80. The summed E-state index contributed by atoms with van der Waals surface area (Å²) in [5.41, 5.74) is 1.75. The number of sulfonamides is 1. The zero-order valence-electron chi connectivity index (χ0n) is 22.4. The molecule has 1 N–H and O–H groups in total. The van der Waals surface area contributed by atoms with Crippen LogP contribution < -0.4 is 9.62 Å². The molecular formula is C29H33Cl2N3O4S. The summed E-state index contributed by atoms with van der Waals surface area (Å²) in [5, 5.41) is 3.67. The SMILES string of the molecule is CC[C@@H](C)NC(=O)[C@@H](C)N(Cc1ccc(Cl)cc1Cl)C(=O)CN(c1cccc(C)c1)S(=O)(=O)c1ccccc1. The Morgan fingerprint density at radius 2 is 1.64 bits per heavy atom. The second kappa shape index (κ2) is 13.3. The number of rotatable bonds is 11. The van der Waals surface area contributed by atoms with Gasteiger partial charge < -0.3 is 10.2 Å². The molecule has 3 aromatic carbocycles. The number of benzene rings is 3. The van der Waals surface area contributed by atoms with E-state index in [-0.39, 0.29) is 23.4 Å². The van der Waals surface area contributed by atoms with Gasteiger partial charge in [0.2, 0.25) is 11.8 Å². The van der Waals surface area contributed by atoms with Crippen molar-refractivity contribution in [2.24, 2.45) is 0 Å². The molecule has 0 aliphatic carbocycles. The van der Waals surface area contributed by atoms with Crippen molar-refractivity contribution in [1.29, 1.82) is 0 Å². The van der Waals surface area contributed by atoms with E-state index in [0.29, 0.717) is 27.7 Å². The van der Waals surface area contributed by atoms with Crippen LogP contribution in [0.2, 0.25) is 10.0 Å². The minimum Gasteiger partial charge on any atom is -0.352 e. The number of nitrogens with one attached hydrogen (secondary N) is 1. The molecular weight excluding hydrogens is 557 g/mol. The molecule has 10 heteroatoms. The molecule has 0 fully saturated rings. The third-order valence-electron chi connectivity index (χ3n) is 6.42. The molecule has 2 atom stereocenters. The lowest BCUT2D eigenvalue weighted by molar-refractivity contribution is -0.139. The number of halogens is 2. The lowest BCUT2D eigenvalue weighted by atomic mass is 10.1. The van der Waals surface area contributed by atoms with Crippen molar-refractivity contribution in [3.05, 3.63) is 94.0 Å². The number of anilines is 1. The summed E-state index contributed by atoms with van der Waals surface area (Å²) in [6.45, 7) is 6.74. The topological polar surface area (TPSA) is 86.8 Å². The van der Waals surface area contributed by atoms with Crippen molar-refractivity contribution in [2.45, 2.75) is 57.6 Å². The standard InChI is InChI=1S/C29H33Cl2N3O4S/c1-5-21(3)32-29(36)22(4)33(18-23-14-15-24(30)17-27(23)31)28(35)19-34(25-11-9-10-20(2)16-25)39(37,38)26-12-7-6-8-13-26/h6-17,21-22H,5,18-19H2,1-4H3,(H,32,36)/t21-,22-/m1/s1. The number of hydrogen-bond donors (Lipinski definition) is 1. The lowest BCUT2D eigenvalue weighted by Gasteiger charge is -2.32. The van der Waals surface area contributed by atoms with Gasteiger partial charge in [-0.15, -0.1) is 0 Å². The lowest BCUT2D eigenvalue weighted by Crippen LogP contribution is -2.52. The summed E-state index contributed by atoms with van der Waals surface area (Å²) in [4.78, 5) is 28.5. The highest BCUT2D eigenvalue weighted by atomic mass is 35.5. The number of hydrogen-bond acceptors (Lipinski definition) is 4. The molecule has 0 saturated heterocycles. The monoisotopic (exact) mass is 589 g/mol. The van der Waals surface area contributed by atoms with Gasteiger partial charge in [0.15, 0.2) is 0 Å². The van der Waals surface area contributed by atoms with Crippen molar-refractivity contribution in [3.8, 4) is 0 Å². The van der Waals surface area contributed by atoms with Crippen molar-refractivity contribution >= 4 is 50.7 Å². The van der Waals surface area contributed by atoms with Crippen molar-refractivity contribution in [3.63, 3.8) is 0 Å². The molecule has 0 bridgehead atoms. The molecule has 0 heterocycles. The van der Waals surface area contributed by atoms with Gasteiger partial charge in [-0.2, -0.15) is 0 Å². The fourth-order valence-corrected chi connectivity index (χ4v) is 5.81. The average Bonchev–Trinajstić information content (AvgIpc) is 2.91. The van der Waals surface area contributed by atoms with Crippen LogP contribution in [0.25, 0.3) is 0 Å². The molecule has 0 aliphatic rings.